The Morgan fingerprint density at radius 2 is 1.60 bits per heavy atom. The molecule has 0 aromatic heterocycles. The van der Waals surface area contributed by atoms with Gasteiger partial charge >= 0.3 is 3.50 Å². The summed E-state index contributed by atoms with van der Waals surface area (Å²) in [4.78, 5) is 0. The number of halogens is 4. The monoisotopic (exact) mass is 180 g/mol. The van der Waals surface area contributed by atoms with Crippen LogP contribution >= 0.6 is 39.1 Å². The maximum atomic E-state index is 11.1. The first-order valence-electron chi connectivity index (χ1n) is 0.756. The van der Waals surface area contributed by atoms with Crippen LogP contribution in [0.1, 0.15) is 0 Å². The van der Waals surface area contributed by atoms with E-state index in [1.807, 2.05) is 0 Å². The second kappa shape index (κ2) is 1.63. The zero-order valence-electron chi connectivity index (χ0n) is 2.01. The lowest BCUT2D eigenvalue weighted by Gasteiger charge is -1.89. The minimum Gasteiger partial charge on any atom is -0.195 e. The fraction of sp³-hybridized carbons (Fsp3) is 1.00. The lowest BCUT2D eigenvalue weighted by atomic mass is 11.8. The number of alkyl halides is 4. The second-order valence-corrected chi connectivity index (χ2v) is 3.67. The van der Waals surface area contributed by atoms with Crippen molar-refractivity contribution in [3.8, 4) is 0 Å². The molecule has 0 N–H and O–H groups in total. The molecule has 4 heteroatoms. The van der Waals surface area contributed by atoms with Crippen LogP contribution in [0, 0.1) is 0 Å². The molecular formula is CBrCl2F. The molecule has 0 unspecified atom stereocenters. The zero-order chi connectivity index (χ0) is 4.50. The van der Waals surface area contributed by atoms with Crippen molar-refractivity contribution in [3.63, 3.8) is 0 Å². The van der Waals surface area contributed by atoms with Crippen LogP contribution in [0.5, 0.6) is 0 Å². The Kier molecular flexibility index (Phi) is 1.95. The minimum absolute atomic E-state index is 2.24. The molecule has 0 aliphatic heterocycles. The van der Waals surface area contributed by atoms with E-state index in [1.54, 1.807) is 0 Å². The van der Waals surface area contributed by atoms with Crippen molar-refractivity contribution in [1.29, 1.82) is 0 Å². The molecule has 0 heterocycles. The van der Waals surface area contributed by atoms with Crippen LogP contribution in [-0.4, -0.2) is 3.50 Å². The summed E-state index contributed by atoms with van der Waals surface area (Å²) in [6, 6.07) is 0. The lowest BCUT2D eigenvalue weighted by molar-refractivity contribution is 0.525. The molecule has 0 aromatic carbocycles. The molecule has 32 valence electrons. The van der Waals surface area contributed by atoms with E-state index in [0.29, 0.717) is 0 Å². The third-order valence-electron chi connectivity index (χ3n) is 0. The fourth-order valence-electron chi connectivity index (χ4n) is 0. The van der Waals surface area contributed by atoms with Crippen LogP contribution in [0.2, 0.25) is 0 Å². The summed E-state index contributed by atoms with van der Waals surface area (Å²) in [7, 11) is 0. The highest BCUT2D eigenvalue weighted by molar-refractivity contribution is 9.10. The summed E-state index contributed by atoms with van der Waals surface area (Å²) in [5.74, 6) is 0. The Labute approximate surface area is 47.4 Å². The summed E-state index contributed by atoms with van der Waals surface area (Å²) in [5, 5.41) is 0. The summed E-state index contributed by atoms with van der Waals surface area (Å²) in [6.45, 7) is 0. The molecule has 0 aliphatic rings. The molecule has 0 aromatic rings. The quantitative estimate of drug-likeness (QED) is 0.504. The Morgan fingerprint density at radius 1 is 1.60 bits per heavy atom. The van der Waals surface area contributed by atoms with Crippen molar-refractivity contribution in [2.75, 3.05) is 0 Å². The van der Waals surface area contributed by atoms with E-state index in [4.69, 9.17) is 0 Å². The molecule has 0 saturated carbocycles. The Morgan fingerprint density at radius 3 is 1.60 bits per heavy atom. The Bertz CT molecular complexity index is 25.1. The van der Waals surface area contributed by atoms with Gasteiger partial charge in [0.2, 0.25) is 0 Å². The summed E-state index contributed by atoms with van der Waals surface area (Å²) in [6.07, 6.45) is 0. The normalized spacial score (nSPS) is 12.0. The molecule has 0 amide bonds. The molecule has 0 fully saturated rings. The third kappa shape index (κ3) is 45.5. The zero-order valence-corrected chi connectivity index (χ0v) is 5.11. The molecule has 0 aliphatic carbocycles. The van der Waals surface area contributed by atoms with E-state index in [0.717, 1.165) is 0 Å². The highest BCUT2D eigenvalue weighted by Gasteiger charge is 2.13. The van der Waals surface area contributed by atoms with Crippen LogP contribution in [0.15, 0.2) is 0 Å². The first-order valence-corrected chi connectivity index (χ1v) is 2.30. The predicted octanol–water partition coefficient (Wildman–Crippen LogP) is 2.44. The number of hydrogen-bond acceptors (Lipinski definition) is 0. The Balaban J connectivity index is 3.02. The molecule has 0 radical (unpaired) electrons. The molecule has 0 saturated heterocycles. The van der Waals surface area contributed by atoms with Gasteiger partial charge in [-0.3, -0.25) is 0 Å². The molecule has 5 heavy (non-hydrogen) atoms. The SMILES string of the molecule is FC(Cl)(Cl)Br. The van der Waals surface area contributed by atoms with Gasteiger partial charge in [-0.1, -0.05) is 23.2 Å². The van der Waals surface area contributed by atoms with Crippen LogP contribution < -0.4 is 0 Å². The van der Waals surface area contributed by atoms with Gasteiger partial charge < -0.3 is 0 Å². The average Bonchev–Trinajstić information content (AvgIpc) is 0.722. The first kappa shape index (κ1) is 5.99. The highest BCUT2D eigenvalue weighted by atomic mass is 79.9. The van der Waals surface area contributed by atoms with E-state index in [-0.39, 0.29) is 0 Å². The van der Waals surface area contributed by atoms with E-state index >= 15 is 0 Å². The predicted molar refractivity (Wildman–Crippen MR) is 24.5 cm³/mol. The van der Waals surface area contributed by atoms with Gasteiger partial charge in [0.1, 0.15) is 0 Å². The van der Waals surface area contributed by atoms with Crippen LogP contribution in [-0.2, 0) is 0 Å². The topological polar surface area (TPSA) is 0 Å². The Hall–Kier alpha value is 0.990. The fourth-order valence-corrected chi connectivity index (χ4v) is 0. The van der Waals surface area contributed by atoms with Crippen molar-refractivity contribution >= 4 is 39.1 Å². The van der Waals surface area contributed by atoms with E-state index in [2.05, 4.69) is 39.1 Å². The van der Waals surface area contributed by atoms with Crippen LogP contribution in [0.25, 0.3) is 0 Å². The molecule has 0 atom stereocenters. The van der Waals surface area contributed by atoms with Gasteiger partial charge in [0.05, 0.1) is 0 Å². The van der Waals surface area contributed by atoms with Crippen LogP contribution in [0.4, 0.5) is 4.39 Å². The molecule has 0 nitrogen and oxygen atoms in total. The molecule has 0 bridgehead atoms. The number of hydrogen-bond donors (Lipinski definition) is 0. The van der Waals surface area contributed by atoms with E-state index in [9.17, 15) is 4.39 Å². The first-order chi connectivity index (χ1) is 2.00. The van der Waals surface area contributed by atoms with Gasteiger partial charge in [0.15, 0.2) is 0 Å². The van der Waals surface area contributed by atoms with Gasteiger partial charge in [-0.2, -0.15) is 4.39 Å². The van der Waals surface area contributed by atoms with Crippen molar-refractivity contribution in [2.24, 2.45) is 0 Å². The summed E-state index contributed by atoms with van der Waals surface area (Å²) in [5.41, 5.74) is 0. The van der Waals surface area contributed by atoms with Crippen molar-refractivity contribution in [2.45, 2.75) is 3.50 Å². The summed E-state index contributed by atoms with van der Waals surface area (Å²) < 4.78 is 8.89. The van der Waals surface area contributed by atoms with Gasteiger partial charge in [0, 0.05) is 0 Å². The number of rotatable bonds is 0. The van der Waals surface area contributed by atoms with Gasteiger partial charge in [-0.15, -0.1) is 0 Å². The molecular weight excluding hydrogens is 182 g/mol. The van der Waals surface area contributed by atoms with Crippen LogP contribution in [0.3, 0.4) is 0 Å². The van der Waals surface area contributed by atoms with E-state index < -0.39 is 3.50 Å². The average molecular weight is 182 g/mol. The van der Waals surface area contributed by atoms with Gasteiger partial charge in [-0.05, 0) is 15.9 Å². The molecule has 0 rings (SSSR count). The van der Waals surface area contributed by atoms with Gasteiger partial charge in [0.25, 0.3) is 0 Å². The summed E-state index contributed by atoms with van der Waals surface area (Å²) >= 11 is 11.3. The molecule has 0 spiro atoms. The maximum Gasteiger partial charge on any atom is 0.312 e. The third-order valence-corrected chi connectivity index (χ3v) is 0. The standard InChI is InChI=1S/CBrCl2F/c2-1(3,4)5. The largest absolute Gasteiger partial charge is 0.312 e. The van der Waals surface area contributed by atoms with Crippen molar-refractivity contribution in [1.82, 2.24) is 0 Å². The maximum absolute atomic E-state index is 11.1. The van der Waals surface area contributed by atoms with Crippen molar-refractivity contribution in [3.05, 3.63) is 0 Å². The van der Waals surface area contributed by atoms with Crippen molar-refractivity contribution < 1.29 is 4.39 Å². The van der Waals surface area contributed by atoms with E-state index in [1.165, 1.54) is 0 Å². The smallest absolute Gasteiger partial charge is 0.195 e. The minimum atomic E-state index is -2.24. The lowest BCUT2D eigenvalue weighted by Crippen LogP contribution is -1.82. The van der Waals surface area contributed by atoms with Gasteiger partial charge in [-0.25, -0.2) is 0 Å². The second-order valence-electron chi connectivity index (χ2n) is 0.429. The highest BCUT2D eigenvalue weighted by Crippen LogP contribution is 2.28.